The summed E-state index contributed by atoms with van der Waals surface area (Å²) in [6.45, 7) is 0. The number of anilines is 2. The van der Waals surface area contributed by atoms with E-state index in [0.29, 0.717) is 11.4 Å². The minimum absolute atomic E-state index is 0.0332. The lowest BCUT2D eigenvalue weighted by Gasteiger charge is -2.21. The van der Waals surface area contributed by atoms with E-state index in [1.807, 2.05) is 48.5 Å². The second kappa shape index (κ2) is 10.7. The number of para-hydroxylation sites is 1. The number of nitrogens with zero attached hydrogens (tertiary/aromatic N) is 2. The highest BCUT2D eigenvalue weighted by Crippen LogP contribution is 2.27. The summed E-state index contributed by atoms with van der Waals surface area (Å²) in [6.07, 6.45) is -1.25. The number of amides is 3. The predicted molar refractivity (Wildman–Crippen MR) is 137 cm³/mol. The molecule has 0 fully saturated rings. The van der Waals surface area contributed by atoms with Crippen LogP contribution in [0.3, 0.4) is 0 Å². The first kappa shape index (κ1) is 25.1. The molecular weight excluding hydrogens is 476 g/mol. The first-order valence-electron chi connectivity index (χ1n) is 11.2. The molecule has 0 radical (unpaired) electrons. The van der Waals surface area contributed by atoms with Crippen molar-refractivity contribution >= 4 is 41.0 Å². The molecule has 2 N–H and O–H groups in total. The maximum absolute atomic E-state index is 13.3. The minimum Gasteiger partial charge on any atom is -0.465 e. The molecule has 0 aliphatic carbocycles. The van der Waals surface area contributed by atoms with Crippen LogP contribution in [0.5, 0.6) is 0 Å². The number of benzene rings is 3. The normalized spacial score (nSPS) is 14.6. The van der Waals surface area contributed by atoms with Crippen molar-refractivity contribution in [3.63, 3.8) is 0 Å². The van der Waals surface area contributed by atoms with Crippen LogP contribution in [0.15, 0.2) is 77.8 Å². The molecule has 10 nitrogen and oxygen atoms in total. The monoisotopic (exact) mass is 500 g/mol. The van der Waals surface area contributed by atoms with Gasteiger partial charge in [-0.2, -0.15) is 0 Å². The van der Waals surface area contributed by atoms with Gasteiger partial charge in [-0.15, -0.1) is 0 Å². The zero-order chi connectivity index (χ0) is 26.5. The Morgan fingerprint density at radius 1 is 0.865 bits per heavy atom. The van der Waals surface area contributed by atoms with Crippen molar-refractivity contribution in [3.05, 3.63) is 95.1 Å². The summed E-state index contributed by atoms with van der Waals surface area (Å²) in [5, 5.41) is 5.14. The molecule has 1 atom stereocenters. The van der Waals surface area contributed by atoms with Gasteiger partial charge < -0.3 is 25.0 Å². The van der Waals surface area contributed by atoms with Gasteiger partial charge in [0.15, 0.2) is 0 Å². The van der Waals surface area contributed by atoms with Crippen molar-refractivity contribution in [2.24, 2.45) is 4.99 Å². The van der Waals surface area contributed by atoms with E-state index in [9.17, 15) is 19.2 Å². The molecule has 3 amide bonds. The van der Waals surface area contributed by atoms with Crippen LogP contribution in [0, 0.1) is 0 Å². The topological polar surface area (TPSA) is 126 Å². The van der Waals surface area contributed by atoms with Gasteiger partial charge in [0.05, 0.1) is 36.7 Å². The highest BCUT2D eigenvalue weighted by atomic mass is 16.5. The molecule has 4 rings (SSSR count). The van der Waals surface area contributed by atoms with Crippen LogP contribution in [0.2, 0.25) is 0 Å². The zero-order valence-corrected chi connectivity index (χ0v) is 20.3. The molecule has 0 spiro atoms. The van der Waals surface area contributed by atoms with Crippen LogP contribution in [0.4, 0.5) is 16.2 Å². The second-order valence-corrected chi connectivity index (χ2v) is 8.04. The number of likely N-dealkylation sites (N-methyl/N-ethyl adjacent to an activating group) is 1. The lowest BCUT2D eigenvalue weighted by atomic mass is 10.0. The Bertz CT molecular complexity index is 1370. The number of carbonyl (C=O) groups is 4. The molecule has 3 aromatic carbocycles. The molecular formula is C27H24N4O6. The van der Waals surface area contributed by atoms with Gasteiger partial charge in [0, 0.05) is 23.9 Å². The molecule has 0 bridgehead atoms. The van der Waals surface area contributed by atoms with Crippen LogP contribution in [-0.4, -0.2) is 57.0 Å². The van der Waals surface area contributed by atoms with E-state index < -0.39 is 30.0 Å². The lowest BCUT2D eigenvalue weighted by Crippen LogP contribution is -2.47. The van der Waals surface area contributed by atoms with E-state index in [4.69, 9.17) is 9.47 Å². The zero-order valence-electron chi connectivity index (χ0n) is 20.3. The summed E-state index contributed by atoms with van der Waals surface area (Å²) in [4.78, 5) is 56.4. The Balaban J connectivity index is 1.66. The average Bonchev–Trinajstić information content (AvgIpc) is 3.03. The average molecular weight is 501 g/mol. The number of fused-ring (bicyclic) bond motifs is 1. The number of urea groups is 1. The van der Waals surface area contributed by atoms with E-state index in [1.54, 1.807) is 13.1 Å². The Kier molecular flexibility index (Phi) is 7.28. The lowest BCUT2D eigenvalue weighted by molar-refractivity contribution is -0.119. The summed E-state index contributed by atoms with van der Waals surface area (Å²) < 4.78 is 9.45. The van der Waals surface area contributed by atoms with Crippen molar-refractivity contribution in [3.8, 4) is 0 Å². The van der Waals surface area contributed by atoms with Crippen molar-refractivity contribution in [2.75, 3.05) is 31.5 Å². The number of aliphatic imine (C=N–C) groups is 1. The number of rotatable bonds is 5. The number of ether oxygens (including phenoxy) is 2. The van der Waals surface area contributed by atoms with Gasteiger partial charge in [0.2, 0.25) is 6.17 Å². The highest BCUT2D eigenvalue weighted by Gasteiger charge is 2.31. The Morgan fingerprint density at radius 3 is 2.08 bits per heavy atom. The molecule has 0 saturated carbocycles. The minimum atomic E-state index is -1.25. The molecule has 37 heavy (non-hydrogen) atoms. The molecule has 10 heteroatoms. The third kappa shape index (κ3) is 5.32. The number of methoxy groups -OCH3 is 2. The summed E-state index contributed by atoms with van der Waals surface area (Å²) in [5.41, 5.74) is 2.89. The van der Waals surface area contributed by atoms with Gasteiger partial charge in [-0.05, 0) is 24.3 Å². The van der Waals surface area contributed by atoms with E-state index in [1.165, 1.54) is 37.3 Å². The van der Waals surface area contributed by atoms with Crippen LogP contribution in [0.25, 0.3) is 0 Å². The molecule has 0 saturated heterocycles. The van der Waals surface area contributed by atoms with Crippen LogP contribution in [0.1, 0.15) is 31.8 Å². The fraction of sp³-hybridized carbons (Fsp3) is 0.148. The SMILES string of the molecule is COC(=O)c1cc(NC(=O)N[C@@H]2N=C(c3ccccc3)c3ccccc3N(C)C2=O)cc(C(=O)OC)c1. The number of benzodiazepines with no additional fused rings is 1. The van der Waals surface area contributed by atoms with Crippen molar-refractivity contribution < 1.29 is 28.7 Å². The molecule has 0 unspecified atom stereocenters. The Morgan fingerprint density at radius 2 is 1.46 bits per heavy atom. The number of carbonyl (C=O) groups excluding carboxylic acids is 4. The summed E-state index contributed by atoms with van der Waals surface area (Å²) in [6, 6.07) is 19.9. The van der Waals surface area contributed by atoms with Gasteiger partial charge in [0.25, 0.3) is 5.91 Å². The third-order valence-corrected chi connectivity index (χ3v) is 5.69. The molecule has 1 aliphatic heterocycles. The van der Waals surface area contributed by atoms with Crippen LogP contribution < -0.4 is 15.5 Å². The highest BCUT2D eigenvalue weighted by molar-refractivity contribution is 6.20. The number of esters is 2. The quantitative estimate of drug-likeness (QED) is 0.518. The molecule has 3 aromatic rings. The summed E-state index contributed by atoms with van der Waals surface area (Å²) >= 11 is 0. The van der Waals surface area contributed by atoms with E-state index in [2.05, 4.69) is 15.6 Å². The van der Waals surface area contributed by atoms with Gasteiger partial charge in [-0.1, -0.05) is 48.5 Å². The van der Waals surface area contributed by atoms with Crippen molar-refractivity contribution in [1.82, 2.24) is 5.32 Å². The fourth-order valence-electron chi connectivity index (χ4n) is 3.90. The van der Waals surface area contributed by atoms with Crippen LogP contribution >= 0.6 is 0 Å². The largest absolute Gasteiger partial charge is 0.465 e. The van der Waals surface area contributed by atoms with Gasteiger partial charge >= 0.3 is 18.0 Å². The molecule has 0 aromatic heterocycles. The summed E-state index contributed by atoms with van der Waals surface area (Å²) in [7, 11) is 4.00. The van der Waals surface area contributed by atoms with E-state index in [0.717, 1.165) is 11.1 Å². The van der Waals surface area contributed by atoms with Gasteiger partial charge in [0.1, 0.15) is 0 Å². The molecule has 1 aliphatic rings. The predicted octanol–water partition coefficient (Wildman–Crippen LogP) is 3.22. The second-order valence-electron chi connectivity index (χ2n) is 8.04. The van der Waals surface area contributed by atoms with E-state index >= 15 is 0 Å². The Labute approximate surface area is 212 Å². The first-order valence-corrected chi connectivity index (χ1v) is 11.2. The summed E-state index contributed by atoms with van der Waals surface area (Å²) in [5.74, 6) is -1.86. The maximum Gasteiger partial charge on any atom is 0.337 e. The van der Waals surface area contributed by atoms with Crippen molar-refractivity contribution in [1.29, 1.82) is 0 Å². The van der Waals surface area contributed by atoms with Gasteiger partial charge in [-0.3, -0.25) is 4.79 Å². The molecule has 1 heterocycles. The standard InChI is InChI=1S/C27H24N4O6/c1-31-21-12-8-7-11-20(21)22(16-9-5-4-6-10-16)29-23(24(31)32)30-27(35)28-19-14-17(25(33)36-2)13-18(15-19)26(34)37-3/h4-15,23H,1-3H3,(H2,28,30,35)/t23-/m0/s1. The van der Waals surface area contributed by atoms with Crippen molar-refractivity contribution in [2.45, 2.75) is 6.17 Å². The van der Waals surface area contributed by atoms with Crippen LogP contribution in [-0.2, 0) is 14.3 Å². The smallest absolute Gasteiger partial charge is 0.337 e. The van der Waals surface area contributed by atoms with E-state index in [-0.39, 0.29) is 16.8 Å². The fourth-order valence-corrected chi connectivity index (χ4v) is 3.90. The Hall–Kier alpha value is -4.99. The number of hydrogen-bond donors (Lipinski definition) is 2. The first-order chi connectivity index (χ1) is 17.8. The van der Waals surface area contributed by atoms with Gasteiger partial charge in [-0.25, -0.2) is 19.4 Å². The number of nitrogens with one attached hydrogen (secondary N) is 2. The third-order valence-electron chi connectivity index (χ3n) is 5.69. The number of hydrogen-bond acceptors (Lipinski definition) is 7. The maximum atomic E-state index is 13.3. The molecule has 188 valence electrons.